The van der Waals surface area contributed by atoms with E-state index >= 15 is 0 Å². The van der Waals surface area contributed by atoms with Gasteiger partial charge in [0.1, 0.15) is 0 Å². The number of hydrogen-bond acceptors (Lipinski definition) is 3. The molecule has 2 aliphatic rings. The maximum atomic E-state index is 12.1. The van der Waals surface area contributed by atoms with Crippen LogP contribution in [0.4, 0.5) is 0 Å². The van der Waals surface area contributed by atoms with Crippen molar-refractivity contribution in [3.63, 3.8) is 0 Å². The summed E-state index contributed by atoms with van der Waals surface area (Å²) in [6, 6.07) is 1.02. The van der Waals surface area contributed by atoms with Gasteiger partial charge in [-0.3, -0.25) is 14.1 Å². The lowest BCUT2D eigenvalue weighted by molar-refractivity contribution is 0.226. The highest BCUT2D eigenvalue weighted by Gasteiger charge is 2.27. The van der Waals surface area contributed by atoms with Gasteiger partial charge in [0.15, 0.2) is 5.96 Å². The van der Waals surface area contributed by atoms with Crippen LogP contribution in [0.2, 0.25) is 0 Å². The number of hydrogen-bond donors (Lipinski definition) is 2. The van der Waals surface area contributed by atoms with Crippen molar-refractivity contribution in [3.8, 4) is 0 Å². The fraction of sp³-hybridized carbons (Fsp3) is 0.947. The summed E-state index contributed by atoms with van der Waals surface area (Å²) in [5.41, 5.74) is 0. The summed E-state index contributed by atoms with van der Waals surface area (Å²) >= 11 is 0. The quantitative estimate of drug-likeness (QED) is 0.322. The minimum absolute atomic E-state index is 0. The van der Waals surface area contributed by atoms with E-state index < -0.39 is 10.8 Å². The second kappa shape index (κ2) is 12.5. The summed E-state index contributed by atoms with van der Waals surface area (Å²) in [6.07, 6.45) is 7.01. The lowest BCUT2D eigenvalue weighted by atomic mass is 9.95. The van der Waals surface area contributed by atoms with Gasteiger partial charge in [-0.25, -0.2) is 0 Å². The van der Waals surface area contributed by atoms with E-state index in [0.29, 0.717) is 17.3 Å². The van der Waals surface area contributed by atoms with Crippen molar-refractivity contribution in [3.05, 3.63) is 0 Å². The Labute approximate surface area is 180 Å². The molecule has 1 aliphatic heterocycles. The Morgan fingerprint density at radius 2 is 2.04 bits per heavy atom. The number of nitrogens with one attached hydrogen (secondary N) is 2. The Bertz CT molecular complexity index is 461. The maximum Gasteiger partial charge on any atom is 0.191 e. The highest BCUT2D eigenvalue weighted by molar-refractivity contribution is 14.0. The summed E-state index contributed by atoms with van der Waals surface area (Å²) in [6.45, 7) is 9.99. The molecule has 26 heavy (non-hydrogen) atoms. The molecule has 3 unspecified atom stereocenters. The Morgan fingerprint density at radius 3 is 2.69 bits per heavy atom. The highest BCUT2D eigenvalue weighted by Crippen LogP contribution is 2.23. The van der Waals surface area contributed by atoms with Crippen molar-refractivity contribution in [2.24, 2.45) is 10.9 Å². The Morgan fingerprint density at radius 1 is 1.27 bits per heavy atom. The molecule has 0 spiro atoms. The standard InChI is InChI=1S/C19H38N4OS.HI/c1-5-25(24)18-10-6-8-16(12-18)22-19(20-4)21-13-17-9-7-11-23(17)14-15(2)3;/h15-18H,5-14H2,1-4H3,(H2,20,21,22);1H/t16?,17-,18?,25?;/m1./s1. The number of guanidine groups is 1. The summed E-state index contributed by atoms with van der Waals surface area (Å²) in [4.78, 5) is 7.04. The van der Waals surface area contributed by atoms with E-state index in [1.165, 1.54) is 25.9 Å². The van der Waals surface area contributed by atoms with E-state index in [1.807, 2.05) is 14.0 Å². The summed E-state index contributed by atoms with van der Waals surface area (Å²) in [5.74, 6) is 2.40. The molecule has 2 fully saturated rings. The molecule has 7 heteroatoms. The van der Waals surface area contributed by atoms with Gasteiger partial charge in [0.25, 0.3) is 0 Å². The Hall–Kier alpha value is 0.110. The van der Waals surface area contributed by atoms with Crippen LogP contribution >= 0.6 is 24.0 Å². The lowest BCUT2D eigenvalue weighted by Crippen LogP contribution is -2.49. The van der Waals surface area contributed by atoms with Crippen LogP contribution in [0.25, 0.3) is 0 Å². The van der Waals surface area contributed by atoms with Crippen LogP contribution < -0.4 is 10.6 Å². The van der Waals surface area contributed by atoms with Crippen molar-refractivity contribution in [2.75, 3.05) is 32.4 Å². The second-order valence-corrected chi connectivity index (χ2v) is 9.94. The van der Waals surface area contributed by atoms with E-state index in [-0.39, 0.29) is 24.0 Å². The first-order chi connectivity index (χ1) is 12.0. The van der Waals surface area contributed by atoms with E-state index in [1.54, 1.807) is 0 Å². The third-order valence-electron chi connectivity index (χ3n) is 5.45. The fourth-order valence-corrected chi connectivity index (χ4v) is 5.54. The second-order valence-electron chi connectivity index (χ2n) is 7.94. The molecular formula is C19H39IN4OS. The summed E-state index contributed by atoms with van der Waals surface area (Å²) < 4.78 is 12.1. The van der Waals surface area contributed by atoms with Gasteiger partial charge in [0.2, 0.25) is 0 Å². The zero-order valence-corrected chi connectivity index (χ0v) is 20.1. The average Bonchev–Trinajstić information content (AvgIpc) is 3.04. The molecule has 1 aliphatic carbocycles. The Balaban J connectivity index is 0.00000338. The first-order valence-corrected chi connectivity index (χ1v) is 11.5. The van der Waals surface area contributed by atoms with Gasteiger partial charge in [-0.15, -0.1) is 24.0 Å². The van der Waals surface area contributed by atoms with Gasteiger partial charge in [-0.2, -0.15) is 0 Å². The van der Waals surface area contributed by atoms with Crippen LogP contribution in [0.5, 0.6) is 0 Å². The van der Waals surface area contributed by atoms with Crippen LogP contribution in [0.3, 0.4) is 0 Å². The molecule has 5 nitrogen and oxygen atoms in total. The molecule has 0 aromatic heterocycles. The van der Waals surface area contributed by atoms with Gasteiger partial charge < -0.3 is 10.6 Å². The fourth-order valence-electron chi connectivity index (χ4n) is 4.19. The first kappa shape index (κ1) is 24.1. The minimum atomic E-state index is -0.674. The molecule has 2 N–H and O–H groups in total. The number of rotatable bonds is 7. The summed E-state index contributed by atoms with van der Waals surface area (Å²) in [5, 5.41) is 7.47. The van der Waals surface area contributed by atoms with E-state index in [9.17, 15) is 4.21 Å². The van der Waals surface area contributed by atoms with Gasteiger partial charge >= 0.3 is 0 Å². The van der Waals surface area contributed by atoms with Crippen molar-refractivity contribution >= 4 is 40.7 Å². The molecule has 4 atom stereocenters. The lowest BCUT2D eigenvalue weighted by Gasteiger charge is -2.31. The van der Waals surface area contributed by atoms with Gasteiger partial charge in [-0.1, -0.05) is 27.2 Å². The normalized spacial score (nSPS) is 28.7. The van der Waals surface area contributed by atoms with Gasteiger partial charge in [-0.05, 0) is 44.6 Å². The van der Waals surface area contributed by atoms with Crippen molar-refractivity contribution in [1.29, 1.82) is 0 Å². The molecule has 1 heterocycles. The SMILES string of the molecule is CCS(=O)C1CCCC(NC(=NC)NC[C@H]2CCCN2CC(C)C)C1.I. The molecule has 1 saturated carbocycles. The van der Waals surface area contributed by atoms with Crippen molar-refractivity contribution in [1.82, 2.24) is 15.5 Å². The number of likely N-dealkylation sites (tertiary alicyclic amines) is 1. The zero-order valence-electron chi connectivity index (χ0n) is 17.0. The van der Waals surface area contributed by atoms with E-state index in [4.69, 9.17) is 0 Å². The van der Waals surface area contributed by atoms with E-state index in [2.05, 4.69) is 34.4 Å². The third-order valence-corrected chi connectivity index (χ3v) is 7.19. The van der Waals surface area contributed by atoms with Crippen LogP contribution in [-0.2, 0) is 10.8 Å². The molecule has 1 saturated heterocycles. The predicted octanol–water partition coefficient (Wildman–Crippen LogP) is 2.97. The largest absolute Gasteiger partial charge is 0.355 e. The average molecular weight is 499 g/mol. The van der Waals surface area contributed by atoms with Crippen molar-refractivity contribution in [2.45, 2.75) is 76.6 Å². The molecule has 154 valence electrons. The smallest absolute Gasteiger partial charge is 0.191 e. The monoisotopic (exact) mass is 498 g/mol. The van der Waals surface area contributed by atoms with Gasteiger partial charge in [0, 0.05) is 54.0 Å². The Kier molecular flexibility index (Phi) is 11.7. The molecule has 0 bridgehead atoms. The summed E-state index contributed by atoms with van der Waals surface area (Å²) in [7, 11) is 1.17. The van der Waals surface area contributed by atoms with Crippen LogP contribution in [0.15, 0.2) is 4.99 Å². The minimum Gasteiger partial charge on any atom is -0.355 e. The first-order valence-electron chi connectivity index (χ1n) is 10.1. The predicted molar refractivity (Wildman–Crippen MR) is 124 cm³/mol. The third kappa shape index (κ3) is 7.62. The van der Waals surface area contributed by atoms with Crippen LogP contribution in [-0.4, -0.2) is 64.8 Å². The topological polar surface area (TPSA) is 56.7 Å². The maximum absolute atomic E-state index is 12.1. The van der Waals surface area contributed by atoms with E-state index in [0.717, 1.165) is 49.9 Å². The molecule has 0 radical (unpaired) electrons. The molecule has 0 amide bonds. The molecule has 0 aromatic carbocycles. The number of aliphatic imine (C=N–C) groups is 1. The molecular weight excluding hydrogens is 459 g/mol. The zero-order chi connectivity index (χ0) is 18.2. The highest BCUT2D eigenvalue weighted by atomic mass is 127. The van der Waals surface area contributed by atoms with Crippen molar-refractivity contribution < 1.29 is 4.21 Å². The number of nitrogens with zero attached hydrogens (tertiary/aromatic N) is 2. The molecule has 0 aromatic rings. The number of halogens is 1. The molecule has 2 rings (SSSR count). The van der Waals surface area contributed by atoms with Gasteiger partial charge in [0.05, 0.1) is 0 Å². The van der Waals surface area contributed by atoms with Crippen LogP contribution in [0, 0.1) is 5.92 Å². The van der Waals surface area contributed by atoms with Crippen LogP contribution in [0.1, 0.15) is 59.3 Å².